The second kappa shape index (κ2) is 9.02. The van der Waals surface area contributed by atoms with Crippen LogP contribution in [0.4, 0.5) is 0 Å². The van der Waals surface area contributed by atoms with Crippen LogP contribution in [-0.4, -0.2) is 30.0 Å². The van der Waals surface area contributed by atoms with E-state index in [2.05, 4.69) is 23.2 Å². The number of ether oxygens (including phenoxy) is 1. The summed E-state index contributed by atoms with van der Waals surface area (Å²) in [6.07, 6.45) is 3.47. The van der Waals surface area contributed by atoms with Crippen molar-refractivity contribution in [2.75, 3.05) is 13.1 Å². The highest BCUT2D eigenvalue weighted by Crippen LogP contribution is 2.26. The van der Waals surface area contributed by atoms with Gasteiger partial charge in [0.05, 0.1) is 13.1 Å². The summed E-state index contributed by atoms with van der Waals surface area (Å²) < 4.78 is 6.22. The minimum absolute atomic E-state index is 0.0713. The van der Waals surface area contributed by atoms with Crippen molar-refractivity contribution < 1.29 is 9.53 Å². The molecule has 0 aliphatic carbocycles. The van der Waals surface area contributed by atoms with E-state index in [9.17, 15) is 4.79 Å². The first-order chi connectivity index (χ1) is 12.2. The summed E-state index contributed by atoms with van der Waals surface area (Å²) >= 11 is 1.67. The van der Waals surface area contributed by atoms with E-state index in [4.69, 9.17) is 4.74 Å². The molecule has 25 heavy (non-hydrogen) atoms. The Morgan fingerprint density at radius 1 is 1.32 bits per heavy atom. The van der Waals surface area contributed by atoms with Crippen LogP contribution in [0.15, 0.2) is 41.8 Å². The van der Waals surface area contributed by atoms with Gasteiger partial charge in [-0.2, -0.15) is 0 Å². The normalized spacial score (nSPS) is 17.4. The number of carbonyl (C=O) groups excluding carboxylic acids is 1. The van der Waals surface area contributed by atoms with Crippen molar-refractivity contribution in [3.8, 4) is 5.75 Å². The number of unbranched alkanes of at least 4 members (excludes halogenated alkanes) is 1. The third-order valence-corrected chi connectivity index (χ3v) is 5.29. The number of nitrogens with one attached hydrogen (secondary N) is 1. The minimum atomic E-state index is 0.0713. The van der Waals surface area contributed by atoms with Gasteiger partial charge in [0.15, 0.2) is 0 Å². The number of nitrogens with zero attached hydrogens (tertiary/aromatic N) is 1. The van der Waals surface area contributed by atoms with Crippen LogP contribution in [0.2, 0.25) is 0 Å². The standard InChI is InChI=1S/C20H26N2O2S/c1-2-3-8-17-14-22(13-16-7-4-5-10-19(16)24-17)15-20(23)21-12-18-9-6-11-25-18/h4-7,9-11,17H,2-3,8,12-15H2,1H3,(H,21,23). The average Bonchev–Trinajstić information content (AvgIpc) is 3.06. The number of hydrogen-bond acceptors (Lipinski definition) is 4. The van der Waals surface area contributed by atoms with Crippen molar-refractivity contribution in [1.82, 2.24) is 10.2 Å². The zero-order valence-corrected chi connectivity index (χ0v) is 15.6. The molecule has 0 saturated carbocycles. The Morgan fingerprint density at radius 2 is 2.20 bits per heavy atom. The number of fused-ring (bicyclic) bond motifs is 1. The average molecular weight is 359 g/mol. The smallest absolute Gasteiger partial charge is 0.234 e. The van der Waals surface area contributed by atoms with E-state index in [-0.39, 0.29) is 12.0 Å². The van der Waals surface area contributed by atoms with Gasteiger partial charge in [0.25, 0.3) is 0 Å². The minimum Gasteiger partial charge on any atom is -0.489 e. The number of benzene rings is 1. The molecule has 1 atom stereocenters. The Morgan fingerprint density at radius 3 is 3.00 bits per heavy atom. The van der Waals surface area contributed by atoms with Crippen LogP contribution in [0, 0.1) is 0 Å². The molecule has 0 radical (unpaired) electrons. The summed E-state index contributed by atoms with van der Waals surface area (Å²) in [6.45, 7) is 4.76. The van der Waals surface area contributed by atoms with E-state index in [1.807, 2.05) is 35.7 Å². The summed E-state index contributed by atoms with van der Waals surface area (Å²) in [6, 6.07) is 12.2. The highest BCUT2D eigenvalue weighted by molar-refractivity contribution is 7.09. The first kappa shape index (κ1) is 18.0. The van der Waals surface area contributed by atoms with Gasteiger partial charge >= 0.3 is 0 Å². The number of para-hydroxylation sites is 1. The zero-order chi connectivity index (χ0) is 17.5. The van der Waals surface area contributed by atoms with Gasteiger partial charge in [0, 0.05) is 23.5 Å². The molecule has 5 heteroatoms. The quantitative estimate of drug-likeness (QED) is 0.818. The maximum atomic E-state index is 12.4. The lowest BCUT2D eigenvalue weighted by Gasteiger charge is -2.23. The zero-order valence-electron chi connectivity index (χ0n) is 14.7. The van der Waals surface area contributed by atoms with Crippen molar-refractivity contribution in [2.24, 2.45) is 0 Å². The Bertz CT molecular complexity index is 672. The number of rotatable bonds is 7. The van der Waals surface area contributed by atoms with Crippen LogP contribution >= 0.6 is 11.3 Å². The van der Waals surface area contributed by atoms with E-state index in [1.165, 1.54) is 4.88 Å². The summed E-state index contributed by atoms with van der Waals surface area (Å²) in [4.78, 5) is 15.7. The van der Waals surface area contributed by atoms with E-state index in [0.717, 1.165) is 43.7 Å². The van der Waals surface area contributed by atoms with Crippen LogP contribution in [0.25, 0.3) is 0 Å². The van der Waals surface area contributed by atoms with Gasteiger partial charge < -0.3 is 10.1 Å². The van der Waals surface area contributed by atoms with Crippen LogP contribution in [0.5, 0.6) is 5.75 Å². The fraction of sp³-hybridized carbons (Fsp3) is 0.450. The van der Waals surface area contributed by atoms with Crippen molar-refractivity contribution >= 4 is 17.2 Å². The second-order valence-corrected chi connectivity index (χ2v) is 7.55. The highest BCUT2D eigenvalue weighted by Gasteiger charge is 2.23. The molecule has 4 nitrogen and oxygen atoms in total. The maximum Gasteiger partial charge on any atom is 0.234 e. The fourth-order valence-electron chi connectivity index (χ4n) is 3.12. The van der Waals surface area contributed by atoms with Crippen molar-refractivity contribution in [2.45, 2.75) is 45.4 Å². The van der Waals surface area contributed by atoms with Gasteiger partial charge in [-0.25, -0.2) is 0 Å². The second-order valence-electron chi connectivity index (χ2n) is 6.52. The molecule has 0 fully saturated rings. The monoisotopic (exact) mass is 358 g/mol. The molecule has 0 spiro atoms. The van der Waals surface area contributed by atoms with Crippen molar-refractivity contribution in [3.63, 3.8) is 0 Å². The first-order valence-corrected chi connectivity index (χ1v) is 9.88. The summed E-state index contributed by atoms with van der Waals surface area (Å²) in [5.74, 6) is 1.03. The molecule has 1 unspecified atom stereocenters. The summed E-state index contributed by atoms with van der Waals surface area (Å²) in [5.41, 5.74) is 1.16. The van der Waals surface area contributed by atoms with Crippen LogP contribution < -0.4 is 10.1 Å². The molecule has 1 N–H and O–H groups in total. The fourth-order valence-corrected chi connectivity index (χ4v) is 3.76. The molecule has 2 heterocycles. The Labute approximate surface area is 153 Å². The van der Waals surface area contributed by atoms with Gasteiger partial charge in [-0.3, -0.25) is 9.69 Å². The predicted molar refractivity (Wildman–Crippen MR) is 102 cm³/mol. The number of hydrogen-bond donors (Lipinski definition) is 1. The Balaban J connectivity index is 1.61. The molecule has 1 aromatic carbocycles. The van der Waals surface area contributed by atoms with E-state index >= 15 is 0 Å². The molecule has 1 amide bonds. The van der Waals surface area contributed by atoms with Gasteiger partial charge in [0.2, 0.25) is 5.91 Å². The SMILES string of the molecule is CCCCC1CN(CC(=O)NCc2cccs2)Cc2ccccc2O1. The predicted octanol–water partition coefficient (Wildman–Crippen LogP) is 3.82. The molecule has 1 aromatic heterocycles. The topological polar surface area (TPSA) is 41.6 Å². The largest absolute Gasteiger partial charge is 0.489 e. The van der Waals surface area contributed by atoms with Crippen LogP contribution in [0.1, 0.15) is 36.6 Å². The molecule has 0 saturated heterocycles. The first-order valence-electron chi connectivity index (χ1n) is 9.00. The maximum absolute atomic E-state index is 12.4. The van der Waals surface area contributed by atoms with Gasteiger partial charge in [0.1, 0.15) is 11.9 Å². The van der Waals surface area contributed by atoms with Crippen molar-refractivity contribution in [3.05, 3.63) is 52.2 Å². The molecule has 3 rings (SSSR count). The molecular formula is C20H26N2O2S. The van der Waals surface area contributed by atoms with Crippen LogP contribution in [-0.2, 0) is 17.9 Å². The molecule has 2 aromatic rings. The molecular weight excluding hydrogens is 332 g/mol. The number of amides is 1. The van der Waals surface area contributed by atoms with Gasteiger partial charge in [-0.05, 0) is 30.4 Å². The Kier molecular flexibility index (Phi) is 6.48. The van der Waals surface area contributed by atoms with E-state index in [1.54, 1.807) is 11.3 Å². The molecule has 134 valence electrons. The van der Waals surface area contributed by atoms with E-state index < -0.39 is 0 Å². The number of carbonyl (C=O) groups is 1. The highest BCUT2D eigenvalue weighted by atomic mass is 32.1. The van der Waals surface area contributed by atoms with Gasteiger partial charge in [-0.1, -0.05) is 37.6 Å². The van der Waals surface area contributed by atoms with Gasteiger partial charge in [-0.15, -0.1) is 11.3 Å². The van der Waals surface area contributed by atoms with E-state index in [0.29, 0.717) is 13.1 Å². The summed E-state index contributed by atoms with van der Waals surface area (Å²) in [5, 5.41) is 5.05. The third-order valence-electron chi connectivity index (χ3n) is 4.41. The molecule has 1 aliphatic heterocycles. The Hall–Kier alpha value is -1.85. The number of thiophene rings is 1. The lowest BCUT2D eigenvalue weighted by atomic mass is 10.1. The lowest BCUT2D eigenvalue weighted by Crippen LogP contribution is -2.40. The molecule has 1 aliphatic rings. The van der Waals surface area contributed by atoms with Crippen LogP contribution in [0.3, 0.4) is 0 Å². The summed E-state index contributed by atoms with van der Waals surface area (Å²) in [7, 11) is 0. The van der Waals surface area contributed by atoms with Crippen molar-refractivity contribution in [1.29, 1.82) is 0 Å². The third kappa shape index (κ3) is 5.31. The lowest BCUT2D eigenvalue weighted by molar-refractivity contribution is -0.122. The molecule has 0 bridgehead atoms.